The van der Waals surface area contributed by atoms with E-state index in [4.69, 9.17) is 10.2 Å². The van der Waals surface area contributed by atoms with Gasteiger partial charge in [0.25, 0.3) is 0 Å². The molecule has 3 rings (SSSR count). The number of carbonyl (C=O) groups is 1. The summed E-state index contributed by atoms with van der Waals surface area (Å²) >= 11 is 0. The van der Waals surface area contributed by atoms with Crippen molar-refractivity contribution in [2.24, 2.45) is 10.7 Å². The average molecular weight is 565 g/mol. The summed E-state index contributed by atoms with van der Waals surface area (Å²) < 4.78 is 44.2. The van der Waals surface area contributed by atoms with Gasteiger partial charge in [0.2, 0.25) is 0 Å². The van der Waals surface area contributed by atoms with Crippen LogP contribution in [0.25, 0.3) is 0 Å². The fraction of sp³-hybridized carbons (Fsp3) is 0.429. The molecule has 1 aromatic heterocycles. The van der Waals surface area contributed by atoms with Crippen molar-refractivity contribution >= 4 is 36.0 Å². The molecule has 176 valence electrons. The lowest BCUT2D eigenvalue weighted by molar-refractivity contribution is -0.137. The van der Waals surface area contributed by atoms with Gasteiger partial charge in [0.15, 0.2) is 5.96 Å². The molecule has 4 N–H and O–H groups in total. The van der Waals surface area contributed by atoms with Crippen LogP contribution in [0.15, 0.2) is 52.1 Å². The van der Waals surface area contributed by atoms with E-state index in [1.165, 1.54) is 6.07 Å². The van der Waals surface area contributed by atoms with E-state index >= 15 is 0 Å². The molecule has 1 aliphatic rings. The Morgan fingerprint density at radius 1 is 1.22 bits per heavy atom. The lowest BCUT2D eigenvalue weighted by atomic mass is 10.1. The number of guanidine groups is 1. The van der Waals surface area contributed by atoms with Crippen molar-refractivity contribution in [2.45, 2.75) is 38.0 Å². The number of urea groups is 1. The molecule has 7 nitrogen and oxygen atoms in total. The number of benzene rings is 1. The van der Waals surface area contributed by atoms with Gasteiger partial charge >= 0.3 is 12.2 Å². The first-order valence-electron chi connectivity index (χ1n) is 10.1. The standard InChI is InChI=1S/C21H26F3N5O2.HI/c22-21(23,24)16-4-1-3-15(13-16)14-27-20(26-9-6-18-5-2-12-31-18)28-17-7-10-29(11-8-17)19(25)30;/h1-5,12-13,17H,6-11,14H2,(H2,25,30)(H2,26,27,28);1H. The number of aliphatic imine (C=N–C) groups is 1. The number of nitrogens with zero attached hydrogens (tertiary/aromatic N) is 2. The van der Waals surface area contributed by atoms with Crippen LogP contribution >= 0.6 is 24.0 Å². The summed E-state index contributed by atoms with van der Waals surface area (Å²) in [7, 11) is 0. The van der Waals surface area contributed by atoms with Crippen LogP contribution in [-0.2, 0) is 19.1 Å². The number of rotatable bonds is 6. The molecule has 1 aliphatic heterocycles. The molecule has 0 saturated carbocycles. The summed E-state index contributed by atoms with van der Waals surface area (Å²) in [6.07, 6.45) is -0.757. The molecule has 0 unspecified atom stereocenters. The lowest BCUT2D eigenvalue weighted by Gasteiger charge is -2.32. The Bertz CT molecular complexity index is 882. The Balaban J connectivity index is 0.00000363. The Morgan fingerprint density at radius 2 is 1.97 bits per heavy atom. The maximum Gasteiger partial charge on any atom is 0.416 e. The smallest absolute Gasteiger partial charge is 0.416 e. The van der Waals surface area contributed by atoms with Gasteiger partial charge in [-0.15, -0.1) is 24.0 Å². The minimum atomic E-state index is -4.39. The molecule has 0 atom stereocenters. The van der Waals surface area contributed by atoms with Crippen LogP contribution in [0.2, 0.25) is 0 Å². The largest absolute Gasteiger partial charge is 0.469 e. The summed E-state index contributed by atoms with van der Waals surface area (Å²) in [6.45, 7) is 1.73. The third-order valence-electron chi connectivity index (χ3n) is 5.07. The Labute approximate surface area is 201 Å². The van der Waals surface area contributed by atoms with E-state index in [1.807, 2.05) is 12.1 Å². The van der Waals surface area contributed by atoms with Gasteiger partial charge in [-0.1, -0.05) is 12.1 Å². The van der Waals surface area contributed by atoms with Crippen molar-refractivity contribution in [3.05, 3.63) is 59.5 Å². The highest BCUT2D eigenvalue weighted by Crippen LogP contribution is 2.29. The lowest BCUT2D eigenvalue weighted by Crippen LogP contribution is -2.51. The normalized spacial score (nSPS) is 15.2. The van der Waals surface area contributed by atoms with E-state index in [0.717, 1.165) is 17.9 Å². The molecule has 0 radical (unpaired) electrons. The first-order chi connectivity index (χ1) is 14.8. The van der Waals surface area contributed by atoms with E-state index in [-0.39, 0.29) is 36.6 Å². The van der Waals surface area contributed by atoms with Crippen molar-refractivity contribution in [1.82, 2.24) is 15.5 Å². The predicted octanol–water partition coefficient (Wildman–Crippen LogP) is 3.74. The van der Waals surface area contributed by atoms with Crippen LogP contribution in [0, 0.1) is 0 Å². The third kappa shape index (κ3) is 7.92. The molecule has 11 heteroatoms. The van der Waals surface area contributed by atoms with Crippen molar-refractivity contribution in [3.63, 3.8) is 0 Å². The number of likely N-dealkylation sites (tertiary alicyclic amines) is 1. The fourth-order valence-electron chi connectivity index (χ4n) is 3.37. The first-order valence-corrected chi connectivity index (χ1v) is 10.1. The number of amides is 2. The summed E-state index contributed by atoms with van der Waals surface area (Å²) in [5.74, 6) is 1.32. The number of hydrogen-bond donors (Lipinski definition) is 3. The molecule has 0 aliphatic carbocycles. The molecule has 0 bridgehead atoms. The highest BCUT2D eigenvalue weighted by atomic mass is 127. The molecular weight excluding hydrogens is 538 g/mol. The van der Waals surface area contributed by atoms with Crippen LogP contribution in [0.3, 0.4) is 0 Å². The second-order valence-corrected chi connectivity index (χ2v) is 7.36. The van der Waals surface area contributed by atoms with Crippen LogP contribution in [-0.4, -0.2) is 42.6 Å². The number of piperidine rings is 1. The Hall–Kier alpha value is -2.44. The van der Waals surface area contributed by atoms with Crippen molar-refractivity contribution < 1.29 is 22.4 Å². The van der Waals surface area contributed by atoms with Gasteiger partial charge in [0.1, 0.15) is 5.76 Å². The van der Waals surface area contributed by atoms with Crippen LogP contribution < -0.4 is 16.4 Å². The van der Waals surface area contributed by atoms with E-state index in [2.05, 4.69) is 15.6 Å². The van der Waals surface area contributed by atoms with Crippen LogP contribution in [0.1, 0.15) is 29.7 Å². The zero-order valence-corrected chi connectivity index (χ0v) is 19.7. The van der Waals surface area contributed by atoms with Gasteiger partial charge in [-0.3, -0.25) is 0 Å². The molecule has 1 aromatic carbocycles. The number of nitrogens with two attached hydrogens (primary N) is 1. The van der Waals surface area contributed by atoms with Gasteiger partial charge in [0.05, 0.1) is 18.4 Å². The summed E-state index contributed by atoms with van der Waals surface area (Å²) in [5.41, 5.74) is 5.09. The van der Waals surface area contributed by atoms with E-state index in [1.54, 1.807) is 17.2 Å². The maximum absolute atomic E-state index is 13.0. The Morgan fingerprint density at radius 3 is 2.59 bits per heavy atom. The minimum Gasteiger partial charge on any atom is -0.469 e. The fourth-order valence-corrected chi connectivity index (χ4v) is 3.37. The molecule has 0 spiro atoms. The van der Waals surface area contributed by atoms with Gasteiger partial charge in [0, 0.05) is 32.1 Å². The zero-order valence-electron chi connectivity index (χ0n) is 17.4. The predicted molar refractivity (Wildman–Crippen MR) is 126 cm³/mol. The number of carbonyl (C=O) groups excluding carboxylic acids is 1. The van der Waals surface area contributed by atoms with Crippen LogP contribution in [0.4, 0.5) is 18.0 Å². The van der Waals surface area contributed by atoms with Crippen molar-refractivity contribution in [1.29, 1.82) is 0 Å². The average Bonchev–Trinajstić information content (AvgIpc) is 3.25. The monoisotopic (exact) mass is 565 g/mol. The van der Waals surface area contributed by atoms with Gasteiger partial charge in [-0.05, 0) is 42.7 Å². The molecule has 32 heavy (non-hydrogen) atoms. The number of alkyl halides is 3. The van der Waals surface area contributed by atoms with E-state index in [9.17, 15) is 18.0 Å². The summed E-state index contributed by atoms with van der Waals surface area (Å²) in [6, 6.07) is 8.46. The molecule has 2 amide bonds. The molecule has 2 heterocycles. The topological polar surface area (TPSA) is 95.9 Å². The zero-order chi connectivity index (χ0) is 22.3. The third-order valence-corrected chi connectivity index (χ3v) is 5.07. The van der Waals surface area contributed by atoms with Gasteiger partial charge in [-0.25, -0.2) is 9.79 Å². The second-order valence-electron chi connectivity index (χ2n) is 7.36. The van der Waals surface area contributed by atoms with E-state index in [0.29, 0.717) is 50.4 Å². The van der Waals surface area contributed by atoms with Crippen LogP contribution in [0.5, 0.6) is 0 Å². The number of furan rings is 1. The number of halogens is 4. The maximum atomic E-state index is 13.0. The molecular formula is C21H27F3IN5O2. The van der Waals surface area contributed by atoms with Crippen molar-refractivity contribution in [2.75, 3.05) is 19.6 Å². The second kappa shape index (κ2) is 12.0. The summed E-state index contributed by atoms with van der Waals surface area (Å²) in [4.78, 5) is 17.4. The number of hydrogen-bond acceptors (Lipinski definition) is 3. The SMILES string of the molecule is I.NC(=O)N1CCC(NC(=NCc2cccc(C(F)(F)F)c2)NCCc2ccco2)CC1. The quantitative estimate of drug-likeness (QED) is 0.283. The molecule has 1 fully saturated rings. The highest BCUT2D eigenvalue weighted by Gasteiger charge is 2.30. The Kier molecular flexibility index (Phi) is 9.66. The van der Waals surface area contributed by atoms with E-state index < -0.39 is 17.8 Å². The molecule has 2 aromatic rings. The minimum absolute atomic E-state index is 0. The molecule has 1 saturated heterocycles. The van der Waals surface area contributed by atoms with Gasteiger partial charge < -0.3 is 25.7 Å². The summed E-state index contributed by atoms with van der Waals surface area (Å²) in [5, 5.41) is 6.52. The number of primary amides is 1. The van der Waals surface area contributed by atoms with Gasteiger partial charge in [-0.2, -0.15) is 13.2 Å². The highest BCUT2D eigenvalue weighted by molar-refractivity contribution is 14.0. The first kappa shape index (κ1) is 25.8. The van der Waals surface area contributed by atoms with Crippen molar-refractivity contribution in [3.8, 4) is 0 Å². The number of nitrogens with one attached hydrogen (secondary N) is 2.